The van der Waals surface area contributed by atoms with E-state index in [1.54, 1.807) is 6.92 Å². The van der Waals surface area contributed by atoms with Crippen LogP contribution >= 0.6 is 0 Å². The first-order valence-corrected chi connectivity index (χ1v) is 8.93. The molecule has 1 fully saturated rings. The van der Waals surface area contributed by atoms with E-state index in [0.717, 1.165) is 12.8 Å². The Hall–Kier alpha value is -1.93. The van der Waals surface area contributed by atoms with Gasteiger partial charge in [0.15, 0.2) is 6.10 Å². The van der Waals surface area contributed by atoms with Gasteiger partial charge in [-0.15, -0.1) is 0 Å². The molecule has 2 N–H and O–H groups in total. The molecule has 0 bridgehead atoms. The fourth-order valence-corrected chi connectivity index (χ4v) is 2.91. The minimum atomic E-state index is -3.56. The lowest BCUT2D eigenvalue weighted by Gasteiger charge is -2.13. The maximum Gasteiger partial charge on any atom is 0.338 e. The van der Waals surface area contributed by atoms with Gasteiger partial charge in [0.05, 0.1) is 10.5 Å². The van der Waals surface area contributed by atoms with Gasteiger partial charge in [-0.2, -0.15) is 0 Å². The molecule has 0 aromatic heterocycles. The van der Waals surface area contributed by atoms with E-state index < -0.39 is 22.1 Å². The number of hydrogen-bond donors (Lipinski definition) is 2. The summed E-state index contributed by atoms with van der Waals surface area (Å²) in [7, 11) is -3.56. The molecule has 1 aliphatic carbocycles. The quantitative estimate of drug-likeness (QED) is 0.715. The second-order valence-corrected chi connectivity index (χ2v) is 7.12. The molecule has 0 unspecified atom stereocenters. The Morgan fingerprint density at radius 3 is 2.39 bits per heavy atom. The minimum Gasteiger partial charge on any atom is -0.449 e. The zero-order chi connectivity index (χ0) is 17.0. The summed E-state index contributed by atoms with van der Waals surface area (Å²) in [6.07, 6.45) is 1.01. The minimum absolute atomic E-state index is 0.0652. The fourth-order valence-electron chi connectivity index (χ4n) is 1.87. The van der Waals surface area contributed by atoms with Crippen molar-refractivity contribution in [1.82, 2.24) is 10.0 Å². The number of rotatable bonds is 7. The van der Waals surface area contributed by atoms with Crippen molar-refractivity contribution in [1.29, 1.82) is 0 Å². The van der Waals surface area contributed by atoms with Crippen molar-refractivity contribution in [3.8, 4) is 0 Å². The Labute approximate surface area is 135 Å². The molecule has 1 amide bonds. The van der Waals surface area contributed by atoms with Crippen LogP contribution in [0.4, 0.5) is 0 Å². The van der Waals surface area contributed by atoms with Crippen LogP contribution in [0.25, 0.3) is 0 Å². The summed E-state index contributed by atoms with van der Waals surface area (Å²) in [5, 5.41) is 2.75. The molecule has 23 heavy (non-hydrogen) atoms. The molecular formula is C15H20N2O5S. The second-order valence-electron chi connectivity index (χ2n) is 5.36. The number of hydrogen-bond acceptors (Lipinski definition) is 5. The summed E-state index contributed by atoms with van der Waals surface area (Å²) in [5.74, 6) is -0.997. The molecule has 7 nitrogen and oxygen atoms in total. The van der Waals surface area contributed by atoms with Crippen molar-refractivity contribution in [2.45, 2.75) is 43.7 Å². The number of nitrogens with one attached hydrogen (secondary N) is 2. The predicted octanol–water partition coefficient (Wildman–Crippen LogP) is 0.809. The average Bonchev–Trinajstić information content (AvgIpc) is 3.31. The molecule has 0 spiro atoms. The smallest absolute Gasteiger partial charge is 0.338 e. The maximum atomic E-state index is 12.0. The molecule has 1 saturated carbocycles. The normalized spacial score (nSPS) is 15.7. The number of sulfonamides is 1. The molecule has 1 aromatic carbocycles. The van der Waals surface area contributed by atoms with Gasteiger partial charge in [-0.3, -0.25) is 4.79 Å². The van der Waals surface area contributed by atoms with Crippen molar-refractivity contribution in [3.63, 3.8) is 0 Å². The van der Waals surface area contributed by atoms with Gasteiger partial charge in [-0.05, 0) is 44.0 Å². The second kappa shape index (κ2) is 7.10. The first kappa shape index (κ1) is 17.4. The van der Waals surface area contributed by atoms with Crippen molar-refractivity contribution in [2.24, 2.45) is 0 Å². The first-order chi connectivity index (χ1) is 10.8. The molecule has 1 aromatic rings. The van der Waals surface area contributed by atoms with E-state index in [4.69, 9.17) is 4.74 Å². The molecule has 8 heteroatoms. The lowest BCUT2D eigenvalue weighted by molar-refractivity contribution is -0.129. The van der Waals surface area contributed by atoms with Gasteiger partial charge < -0.3 is 10.1 Å². The molecule has 0 radical (unpaired) electrons. The number of benzene rings is 1. The zero-order valence-electron chi connectivity index (χ0n) is 13.0. The molecule has 0 saturated heterocycles. The molecule has 1 atom stereocenters. The van der Waals surface area contributed by atoms with Gasteiger partial charge in [0.25, 0.3) is 5.91 Å². The van der Waals surface area contributed by atoms with E-state index in [0.29, 0.717) is 0 Å². The van der Waals surface area contributed by atoms with Crippen LogP contribution in [0.2, 0.25) is 0 Å². The summed E-state index contributed by atoms with van der Waals surface area (Å²) in [4.78, 5) is 23.8. The van der Waals surface area contributed by atoms with Gasteiger partial charge in [0.1, 0.15) is 0 Å². The average molecular weight is 340 g/mol. The Balaban J connectivity index is 1.98. The molecule has 2 rings (SSSR count). The van der Waals surface area contributed by atoms with E-state index in [9.17, 15) is 18.0 Å². The van der Waals surface area contributed by atoms with Gasteiger partial charge in [-0.1, -0.05) is 6.92 Å². The molecule has 1 aliphatic rings. The third kappa shape index (κ3) is 4.77. The highest BCUT2D eigenvalue weighted by molar-refractivity contribution is 7.89. The summed E-state index contributed by atoms with van der Waals surface area (Å²) in [6.45, 7) is 3.46. The van der Waals surface area contributed by atoms with Crippen molar-refractivity contribution in [3.05, 3.63) is 29.8 Å². The van der Waals surface area contributed by atoms with Crippen LogP contribution in [0.15, 0.2) is 29.2 Å². The van der Waals surface area contributed by atoms with Gasteiger partial charge in [0.2, 0.25) is 10.0 Å². The number of carbonyl (C=O) groups excluding carboxylic acids is 2. The topological polar surface area (TPSA) is 102 Å². The molecule has 126 valence electrons. The summed E-state index contributed by atoms with van der Waals surface area (Å²) < 4.78 is 31.1. The summed E-state index contributed by atoms with van der Waals surface area (Å²) in [5.41, 5.74) is 0.187. The molecule has 0 heterocycles. The highest BCUT2D eigenvalue weighted by Gasteiger charge is 2.27. The number of amides is 1. The maximum absolute atomic E-state index is 12.0. The Bertz CT molecular complexity index is 680. The van der Waals surface area contributed by atoms with Crippen LogP contribution < -0.4 is 10.0 Å². The largest absolute Gasteiger partial charge is 0.449 e. The van der Waals surface area contributed by atoms with E-state index in [-0.39, 0.29) is 29.0 Å². The van der Waals surface area contributed by atoms with Crippen LogP contribution in [0.5, 0.6) is 0 Å². The van der Waals surface area contributed by atoms with Crippen LogP contribution in [-0.2, 0) is 19.6 Å². The Kier molecular flexibility index (Phi) is 5.38. The molecular weight excluding hydrogens is 320 g/mol. The van der Waals surface area contributed by atoms with Crippen LogP contribution in [0, 0.1) is 0 Å². The number of carbonyl (C=O) groups is 2. The predicted molar refractivity (Wildman–Crippen MR) is 83.3 cm³/mol. The van der Waals surface area contributed by atoms with Crippen LogP contribution in [-0.4, -0.2) is 39.0 Å². The summed E-state index contributed by atoms with van der Waals surface area (Å²) >= 11 is 0. The third-order valence-electron chi connectivity index (χ3n) is 3.31. The van der Waals surface area contributed by atoms with Crippen molar-refractivity contribution in [2.75, 3.05) is 6.54 Å². The van der Waals surface area contributed by atoms with Crippen LogP contribution in [0.1, 0.15) is 37.0 Å². The number of ether oxygens (including phenoxy) is 1. The highest BCUT2D eigenvalue weighted by Crippen LogP contribution is 2.19. The first-order valence-electron chi connectivity index (χ1n) is 7.44. The fraction of sp³-hybridized carbons (Fsp3) is 0.467. The van der Waals surface area contributed by atoms with Crippen molar-refractivity contribution < 1.29 is 22.7 Å². The lowest BCUT2D eigenvalue weighted by Crippen LogP contribution is -2.37. The van der Waals surface area contributed by atoms with Crippen molar-refractivity contribution >= 4 is 21.9 Å². The molecule has 0 aliphatic heterocycles. The lowest BCUT2D eigenvalue weighted by atomic mass is 10.2. The highest BCUT2D eigenvalue weighted by atomic mass is 32.2. The van der Waals surface area contributed by atoms with Gasteiger partial charge in [0, 0.05) is 12.6 Å². The van der Waals surface area contributed by atoms with E-state index >= 15 is 0 Å². The van der Waals surface area contributed by atoms with Gasteiger partial charge in [-0.25, -0.2) is 17.9 Å². The summed E-state index contributed by atoms with van der Waals surface area (Å²) in [6, 6.07) is 5.56. The van der Waals surface area contributed by atoms with E-state index in [2.05, 4.69) is 10.0 Å². The van der Waals surface area contributed by atoms with E-state index in [1.165, 1.54) is 31.2 Å². The Morgan fingerprint density at radius 1 is 1.26 bits per heavy atom. The van der Waals surface area contributed by atoms with E-state index in [1.807, 2.05) is 0 Å². The zero-order valence-corrected chi connectivity index (χ0v) is 13.9. The standard InChI is InChI=1S/C15H20N2O5S/c1-3-16-23(20,21)13-8-4-11(5-9-13)15(19)22-10(2)14(18)17-12-6-7-12/h4-5,8-10,12,16H,3,6-7H2,1-2H3,(H,17,18)/t10-/m0/s1. The SMILES string of the molecule is CCNS(=O)(=O)c1ccc(C(=O)O[C@@H](C)C(=O)NC2CC2)cc1. The monoisotopic (exact) mass is 340 g/mol. The van der Waals surface area contributed by atoms with Gasteiger partial charge >= 0.3 is 5.97 Å². The third-order valence-corrected chi connectivity index (χ3v) is 4.87. The Morgan fingerprint density at radius 2 is 1.87 bits per heavy atom. The number of esters is 1. The van der Waals surface area contributed by atoms with Crippen LogP contribution in [0.3, 0.4) is 0 Å².